The second kappa shape index (κ2) is 5.71. The van der Waals surface area contributed by atoms with Gasteiger partial charge in [0.2, 0.25) is 0 Å². The lowest BCUT2D eigenvalue weighted by molar-refractivity contribution is -0.138. The summed E-state index contributed by atoms with van der Waals surface area (Å²) in [4.78, 5) is 22.6. The molecule has 1 saturated carbocycles. The van der Waals surface area contributed by atoms with Gasteiger partial charge in [0.1, 0.15) is 0 Å². The summed E-state index contributed by atoms with van der Waals surface area (Å²) in [6, 6.07) is 5.00. The van der Waals surface area contributed by atoms with Gasteiger partial charge < -0.3 is 16.2 Å². The van der Waals surface area contributed by atoms with E-state index in [9.17, 15) is 9.59 Å². The lowest BCUT2D eigenvalue weighted by atomic mass is 9.92. The van der Waals surface area contributed by atoms with Crippen molar-refractivity contribution in [2.75, 3.05) is 5.32 Å². The van der Waals surface area contributed by atoms with Crippen LogP contribution in [-0.4, -0.2) is 22.5 Å². The van der Waals surface area contributed by atoms with E-state index in [0.29, 0.717) is 5.69 Å². The Labute approximate surface area is 122 Å². The van der Waals surface area contributed by atoms with E-state index < -0.39 is 17.4 Å². The summed E-state index contributed by atoms with van der Waals surface area (Å²) in [6.45, 7) is 0. The van der Waals surface area contributed by atoms with Crippen molar-refractivity contribution in [2.24, 2.45) is 5.73 Å². The molecule has 0 bridgehead atoms. The van der Waals surface area contributed by atoms with Crippen LogP contribution in [0.15, 0.2) is 18.2 Å². The Bertz CT molecular complexity index is 539. The number of rotatable bonds is 5. The van der Waals surface area contributed by atoms with Gasteiger partial charge in [-0.3, -0.25) is 9.59 Å². The minimum Gasteiger partial charge on any atom is -0.481 e. The zero-order chi connectivity index (χ0) is 14.8. The molecule has 6 heteroatoms. The Morgan fingerprint density at radius 1 is 1.35 bits per heavy atom. The first-order chi connectivity index (χ1) is 9.43. The van der Waals surface area contributed by atoms with Gasteiger partial charge >= 0.3 is 5.97 Å². The number of carboxylic acid groups (broad SMARTS) is 1. The first kappa shape index (κ1) is 14.7. The Kier molecular flexibility index (Phi) is 4.18. The molecule has 1 aromatic carbocycles. The predicted molar refractivity (Wildman–Crippen MR) is 77.0 cm³/mol. The van der Waals surface area contributed by atoms with Gasteiger partial charge in [-0.15, -0.1) is 0 Å². The van der Waals surface area contributed by atoms with Gasteiger partial charge in [0.25, 0.3) is 5.91 Å². The van der Waals surface area contributed by atoms with E-state index in [0.717, 1.165) is 25.7 Å². The molecule has 5 nitrogen and oxygen atoms in total. The number of hydrogen-bond acceptors (Lipinski definition) is 3. The molecule has 4 N–H and O–H groups in total. The molecule has 1 aromatic rings. The van der Waals surface area contributed by atoms with Crippen molar-refractivity contribution in [1.29, 1.82) is 0 Å². The smallest absolute Gasteiger partial charge is 0.305 e. The summed E-state index contributed by atoms with van der Waals surface area (Å²) < 4.78 is 0. The third-order valence-corrected chi connectivity index (χ3v) is 4.03. The average Bonchev–Trinajstić information content (AvgIpc) is 2.75. The number of primary amides is 1. The molecular weight excluding hydrogens is 280 g/mol. The third kappa shape index (κ3) is 3.04. The fourth-order valence-corrected chi connectivity index (χ4v) is 3.12. The maximum Gasteiger partial charge on any atom is 0.305 e. The van der Waals surface area contributed by atoms with E-state index in [-0.39, 0.29) is 17.0 Å². The zero-order valence-electron chi connectivity index (χ0n) is 11.0. The first-order valence-corrected chi connectivity index (χ1v) is 6.90. The fourth-order valence-electron chi connectivity index (χ4n) is 2.85. The number of aliphatic carboxylic acids is 1. The van der Waals surface area contributed by atoms with E-state index >= 15 is 0 Å². The molecular formula is C14H17ClN2O3. The number of nitrogens with two attached hydrogens (primary N) is 1. The van der Waals surface area contributed by atoms with Crippen LogP contribution in [-0.2, 0) is 4.79 Å². The topological polar surface area (TPSA) is 92.4 Å². The average molecular weight is 297 g/mol. The second-order valence-corrected chi connectivity index (χ2v) is 5.62. The van der Waals surface area contributed by atoms with E-state index in [4.69, 9.17) is 22.4 Å². The van der Waals surface area contributed by atoms with Crippen LogP contribution in [0, 0.1) is 0 Å². The molecule has 0 radical (unpaired) electrons. The fraction of sp³-hybridized carbons (Fsp3) is 0.429. The van der Waals surface area contributed by atoms with Crippen LogP contribution in [0.2, 0.25) is 5.02 Å². The number of amides is 1. The number of carboxylic acids is 1. The van der Waals surface area contributed by atoms with Crippen molar-refractivity contribution in [2.45, 2.75) is 37.6 Å². The van der Waals surface area contributed by atoms with Gasteiger partial charge in [0.05, 0.1) is 17.0 Å². The number of nitrogens with one attached hydrogen (secondary N) is 1. The van der Waals surface area contributed by atoms with Crippen LogP contribution < -0.4 is 11.1 Å². The second-order valence-electron chi connectivity index (χ2n) is 5.21. The maximum atomic E-state index is 11.5. The monoisotopic (exact) mass is 296 g/mol. The number of benzene rings is 1. The van der Waals surface area contributed by atoms with Crippen molar-refractivity contribution in [3.63, 3.8) is 0 Å². The molecule has 0 unspecified atom stereocenters. The number of halogens is 1. The SMILES string of the molecule is NC(=O)c1c(Cl)cccc1NC1(CC(=O)O)CCCC1. The molecule has 108 valence electrons. The van der Waals surface area contributed by atoms with E-state index in [1.165, 1.54) is 0 Å². The van der Waals surface area contributed by atoms with Gasteiger partial charge in [-0.05, 0) is 25.0 Å². The Morgan fingerprint density at radius 3 is 2.55 bits per heavy atom. The Hall–Kier alpha value is -1.75. The molecule has 1 aliphatic rings. The molecule has 1 fully saturated rings. The van der Waals surface area contributed by atoms with Gasteiger partial charge in [-0.1, -0.05) is 30.5 Å². The lowest BCUT2D eigenvalue weighted by Crippen LogP contribution is -2.38. The van der Waals surface area contributed by atoms with Crippen molar-refractivity contribution in [3.05, 3.63) is 28.8 Å². The molecule has 20 heavy (non-hydrogen) atoms. The highest BCUT2D eigenvalue weighted by Crippen LogP contribution is 2.37. The van der Waals surface area contributed by atoms with Crippen LogP contribution in [0.1, 0.15) is 42.5 Å². The third-order valence-electron chi connectivity index (χ3n) is 3.71. The summed E-state index contributed by atoms with van der Waals surface area (Å²) in [5.74, 6) is -1.48. The van der Waals surface area contributed by atoms with E-state index in [1.54, 1.807) is 18.2 Å². The summed E-state index contributed by atoms with van der Waals surface area (Å²) in [5, 5.41) is 12.6. The maximum absolute atomic E-state index is 11.5. The number of anilines is 1. The van der Waals surface area contributed by atoms with Crippen LogP contribution >= 0.6 is 11.6 Å². The lowest BCUT2D eigenvalue weighted by Gasteiger charge is -2.31. The minimum absolute atomic E-state index is 0.0116. The number of carbonyl (C=O) groups is 2. The van der Waals surface area contributed by atoms with Gasteiger partial charge in [0, 0.05) is 11.2 Å². The summed E-state index contributed by atoms with van der Waals surface area (Å²) >= 11 is 6.00. The molecule has 0 spiro atoms. The van der Waals surface area contributed by atoms with Crippen LogP contribution in [0.4, 0.5) is 5.69 Å². The van der Waals surface area contributed by atoms with Crippen molar-refractivity contribution in [3.8, 4) is 0 Å². The normalized spacial score (nSPS) is 16.9. The van der Waals surface area contributed by atoms with Crippen molar-refractivity contribution in [1.82, 2.24) is 0 Å². The van der Waals surface area contributed by atoms with E-state index in [1.807, 2.05) is 0 Å². The van der Waals surface area contributed by atoms with Crippen LogP contribution in [0.3, 0.4) is 0 Å². The van der Waals surface area contributed by atoms with Crippen molar-refractivity contribution >= 4 is 29.2 Å². The summed E-state index contributed by atoms with van der Waals surface area (Å²) in [7, 11) is 0. The molecule has 1 amide bonds. The largest absolute Gasteiger partial charge is 0.481 e. The highest BCUT2D eigenvalue weighted by atomic mass is 35.5. The Balaban J connectivity index is 2.34. The number of carbonyl (C=O) groups excluding carboxylic acids is 1. The molecule has 1 aliphatic carbocycles. The Morgan fingerprint density at radius 2 is 2.00 bits per heavy atom. The molecule has 0 atom stereocenters. The standard InChI is InChI=1S/C14H17ClN2O3/c15-9-4-3-5-10(12(9)13(16)20)17-14(8-11(18)19)6-1-2-7-14/h3-5,17H,1-2,6-8H2,(H2,16,20)(H,18,19). The molecule has 0 heterocycles. The molecule has 0 aromatic heterocycles. The molecule has 0 aliphatic heterocycles. The molecule has 0 saturated heterocycles. The predicted octanol–water partition coefficient (Wildman–Crippen LogP) is 2.64. The van der Waals surface area contributed by atoms with Crippen LogP contribution in [0.25, 0.3) is 0 Å². The van der Waals surface area contributed by atoms with E-state index in [2.05, 4.69) is 5.32 Å². The zero-order valence-corrected chi connectivity index (χ0v) is 11.7. The molecule has 2 rings (SSSR count). The summed E-state index contributed by atoms with van der Waals surface area (Å²) in [6.07, 6.45) is 3.45. The van der Waals surface area contributed by atoms with Crippen LogP contribution in [0.5, 0.6) is 0 Å². The number of hydrogen-bond donors (Lipinski definition) is 3. The highest BCUT2D eigenvalue weighted by molar-refractivity contribution is 6.34. The van der Waals surface area contributed by atoms with Gasteiger partial charge in [0.15, 0.2) is 0 Å². The highest BCUT2D eigenvalue weighted by Gasteiger charge is 2.36. The first-order valence-electron chi connectivity index (χ1n) is 6.52. The van der Waals surface area contributed by atoms with Gasteiger partial charge in [-0.2, -0.15) is 0 Å². The van der Waals surface area contributed by atoms with Gasteiger partial charge in [-0.25, -0.2) is 0 Å². The minimum atomic E-state index is -0.859. The van der Waals surface area contributed by atoms with Crippen molar-refractivity contribution < 1.29 is 14.7 Å². The summed E-state index contributed by atoms with van der Waals surface area (Å²) in [5.41, 5.74) is 5.55. The quantitative estimate of drug-likeness (QED) is 0.779.